The molecule has 0 saturated carbocycles. The van der Waals surface area contributed by atoms with Crippen LogP contribution >= 0.6 is 17.0 Å². The molecular formula is C6H9BrN2O2. The number of aromatic nitrogens is 2. The summed E-state index contributed by atoms with van der Waals surface area (Å²) in [5, 5.41) is 0. The van der Waals surface area contributed by atoms with Crippen LogP contribution in [0.15, 0.2) is 18.7 Å². The van der Waals surface area contributed by atoms with E-state index in [1.807, 2.05) is 0 Å². The fourth-order valence-electron chi connectivity index (χ4n) is 0.483. The zero-order chi connectivity index (χ0) is 7.40. The van der Waals surface area contributed by atoms with E-state index in [1.165, 1.54) is 11.1 Å². The summed E-state index contributed by atoms with van der Waals surface area (Å²) in [7, 11) is 0. The number of nitrogens with zero attached hydrogens (tertiary/aromatic N) is 2. The van der Waals surface area contributed by atoms with E-state index in [-0.39, 0.29) is 23.0 Å². The van der Waals surface area contributed by atoms with Crippen molar-refractivity contribution in [3.63, 3.8) is 0 Å². The molecule has 1 heterocycles. The molecule has 0 aliphatic heterocycles. The highest BCUT2D eigenvalue weighted by Gasteiger charge is 1.97. The zero-order valence-corrected chi connectivity index (χ0v) is 7.77. The topological polar surface area (TPSA) is 44.1 Å². The molecule has 0 saturated heterocycles. The van der Waals surface area contributed by atoms with Crippen molar-refractivity contribution in [2.45, 2.75) is 13.3 Å². The van der Waals surface area contributed by atoms with Gasteiger partial charge >= 0.3 is 5.97 Å². The summed E-state index contributed by atoms with van der Waals surface area (Å²) >= 11 is 0. The quantitative estimate of drug-likeness (QED) is 0.742. The van der Waals surface area contributed by atoms with Gasteiger partial charge in [-0.3, -0.25) is 0 Å². The van der Waals surface area contributed by atoms with Crippen LogP contribution in [-0.2, 0) is 4.79 Å². The number of imidazole rings is 1. The minimum atomic E-state index is -0.266. The lowest BCUT2D eigenvalue weighted by Gasteiger charge is -1.98. The van der Waals surface area contributed by atoms with Crippen molar-refractivity contribution in [1.82, 2.24) is 9.71 Å². The van der Waals surface area contributed by atoms with E-state index in [4.69, 9.17) is 4.84 Å². The van der Waals surface area contributed by atoms with Gasteiger partial charge in [0, 0.05) is 12.6 Å². The van der Waals surface area contributed by atoms with Crippen LogP contribution in [-0.4, -0.2) is 15.7 Å². The average molecular weight is 221 g/mol. The molecular weight excluding hydrogens is 212 g/mol. The molecule has 0 aromatic carbocycles. The zero-order valence-electron chi connectivity index (χ0n) is 6.06. The summed E-state index contributed by atoms with van der Waals surface area (Å²) in [6, 6.07) is 0. The van der Waals surface area contributed by atoms with Gasteiger partial charge in [-0.15, -0.1) is 17.0 Å². The Hall–Kier alpha value is -0.840. The van der Waals surface area contributed by atoms with Crippen LogP contribution in [0.2, 0.25) is 0 Å². The lowest BCUT2D eigenvalue weighted by Crippen LogP contribution is -2.16. The van der Waals surface area contributed by atoms with Gasteiger partial charge in [0.25, 0.3) is 0 Å². The van der Waals surface area contributed by atoms with E-state index < -0.39 is 0 Å². The van der Waals surface area contributed by atoms with E-state index in [1.54, 1.807) is 19.3 Å². The third-order valence-corrected chi connectivity index (χ3v) is 0.976. The van der Waals surface area contributed by atoms with Gasteiger partial charge in [-0.2, -0.15) is 4.73 Å². The van der Waals surface area contributed by atoms with Gasteiger partial charge in [0.2, 0.25) is 0 Å². The predicted molar refractivity (Wildman–Crippen MR) is 44.4 cm³/mol. The summed E-state index contributed by atoms with van der Waals surface area (Å²) in [6.07, 6.45) is 4.90. The molecule has 0 spiro atoms. The van der Waals surface area contributed by atoms with Crippen LogP contribution in [0.5, 0.6) is 0 Å². The van der Waals surface area contributed by atoms with E-state index in [2.05, 4.69) is 4.98 Å². The largest absolute Gasteiger partial charge is 0.336 e. The molecule has 1 aromatic rings. The van der Waals surface area contributed by atoms with Gasteiger partial charge in [-0.05, 0) is 0 Å². The maximum atomic E-state index is 10.6. The first-order valence-corrected chi connectivity index (χ1v) is 3.02. The highest BCUT2D eigenvalue weighted by atomic mass is 79.9. The lowest BCUT2D eigenvalue weighted by atomic mass is 10.5. The maximum Gasteiger partial charge on any atom is 0.332 e. The SMILES string of the molecule is Br.CCC(=O)On1ccnc1. The van der Waals surface area contributed by atoms with Gasteiger partial charge < -0.3 is 4.84 Å². The normalized spacial score (nSPS) is 8.45. The minimum absolute atomic E-state index is 0. The summed E-state index contributed by atoms with van der Waals surface area (Å²) in [5.41, 5.74) is 0. The molecule has 0 radical (unpaired) electrons. The number of rotatable bonds is 2. The molecule has 0 aliphatic rings. The Morgan fingerprint density at radius 2 is 2.45 bits per heavy atom. The number of halogens is 1. The van der Waals surface area contributed by atoms with Crippen molar-refractivity contribution in [2.75, 3.05) is 0 Å². The third kappa shape index (κ3) is 3.18. The maximum absolute atomic E-state index is 10.6. The summed E-state index contributed by atoms with van der Waals surface area (Å²) in [5.74, 6) is -0.266. The highest BCUT2D eigenvalue weighted by Crippen LogP contribution is 1.83. The molecule has 0 fully saturated rings. The molecule has 0 unspecified atom stereocenters. The number of carbonyl (C=O) groups is 1. The van der Waals surface area contributed by atoms with Crippen LogP contribution in [0, 0.1) is 0 Å². The highest BCUT2D eigenvalue weighted by molar-refractivity contribution is 8.93. The number of hydrogen-bond acceptors (Lipinski definition) is 3. The van der Waals surface area contributed by atoms with Crippen molar-refractivity contribution in [2.24, 2.45) is 0 Å². The van der Waals surface area contributed by atoms with Crippen molar-refractivity contribution in [3.8, 4) is 0 Å². The molecule has 0 atom stereocenters. The standard InChI is InChI=1S/C6H8N2O2.BrH/c1-2-6(9)10-8-4-3-7-5-8;/h3-5H,2H2,1H3;1H. The van der Waals surface area contributed by atoms with E-state index >= 15 is 0 Å². The van der Waals surface area contributed by atoms with E-state index in [0.717, 1.165) is 0 Å². The van der Waals surface area contributed by atoms with Crippen LogP contribution < -0.4 is 4.84 Å². The monoisotopic (exact) mass is 220 g/mol. The molecule has 1 aromatic heterocycles. The minimum Gasteiger partial charge on any atom is -0.336 e. The Bertz CT molecular complexity index is 210. The predicted octanol–water partition coefficient (Wildman–Crippen LogP) is 0.826. The summed E-state index contributed by atoms with van der Waals surface area (Å²) in [4.78, 5) is 19.0. The van der Waals surface area contributed by atoms with E-state index in [9.17, 15) is 4.79 Å². The second kappa shape index (κ2) is 4.90. The van der Waals surface area contributed by atoms with Gasteiger partial charge in [-0.25, -0.2) is 9.78 Å². The molecule has 62 valence electrons. The van der Waals surface area contributed by atoms with Gasteiger partial charge in [-0.1, -0.05) is 6.92 Å². The summed E-state index contributed by atoms with van der Waals surface area (Å²) < 4.78 is 1.27. The van der Waals surface area contributed by atoms with Crippen molar-refractivity contribution < 1.29 is 9.63 Å². The fraction of sp³-hybridized carbons (Fsp3) is 0.333. The van der Waals surface area contributed by atoms with Gasteiger partial charge in [0.05, 0.1) is 6.20 Å². The van der Waals surface area contributed by atoms with Crippen LogP contribution in [0.3, 0.4) is 0 Å². The van der Waals surface area contributed by atoms with Gasteiger partial charge in [0.15, 0.2) is 0 Å². The van der Waals surface area contributed by atoms with Crippen molar-refractivity contribution in [3.05, 3.63) is 18.7 Å². The molecule has 0 amide bonds. The fourth-order valence-corrected chi connectivity index (χ4v) is 0.483. The third-order valence-electron chi connectivity index (χ3n) is 0.976. The van der Waals surface area contributed by atoms with Crippen LogP contribution in [0.1, 0.15) is 13.3 Å². The first-order chi connectivity index (χ1) is 4.83. The molecule has 5 heteroatoms. The summed E-state index contributed by atoms with van der Waals surface area (Å²) in [6.45, 7) is 1.74. The van der Waals surface area contributed by atoms with Crippen molar-refractivity contribution >= 4 is 23.0 Å². The molecule has 1 rings (SSSR count). The molecule has 0 N–H and O–H groups in total. The Morgan fingerprint density at radius 1 is 1.73 bits per heavy atom. The second-order valence-corrected chi connectivity index (χ2v) is 1.74. The first-order valence-electron chi connectivity index (χ1n) is 3.02. The Labute approximate surface area is 74.9 Å². The second-order valence-electron chi connectivity index (χ2n) is 1.74. The molecule has 4 nitrogen and oxygen atoms in total. The Kier molecular flexibility index (Phi) is 4.52. The Morgan fingerprint density at radius 3 is 2.91 bits per heavy atom. The van der Waals surface area contributed by atoms with Crippen LogP contribution in [0.4, 0.5) is 0 Å². The van der Waals surface area contributed by atoms with Gasteiger partial charge in [0.1, 0.15) is 6.33 Å². The molecule has 0 bridgehead atoms. The average Bonchev–Trinajstić information content (AvgIpc) is 2.40. The van der Waals surface area contributed by atoms with E-state index in [0.29, 0.717) is 6.42 Å². The number of carbonyl (C=O) groups excluding carboxylic acids is 1. The van der Waals surface area contributed by atoms with Crippen LogP contribution in [0.25, 0.3) is 0 Å². The smallest absolute Gasteiger partial charge is 0.332 e. The lowest BCUT2D eigenvalue weighted by molar-refractivity contribution is -0.143. The molecule has 0 aliphatic carbocycles. The first kappa shape index (κ1) is 10.2. The molecule has 11 heavy (non-hydrogen) atoms. The number of hydrogen-bond donors (Lipinski definition) is 0. The Balaban J connectivity index is 0.000001000. The van der Waals surface area contributed by atoms with Crippen molar-refractivity contribution in [1.29, 1.82) is 0 Å².